The maximum atomic E-state index is 10.8. The maximum Gasteiger partial charge on any atom is 0.410 e. The fourth-order valence-corrected chi connectivity index (χ4v) is 2.75. The Labute approximate surface area is 139 Å². The van der Waals surface area contributed by atoms with Gasteiger partial charge in [0, 0.05) is 17.8 Å². The third kappa shape index (κ3) is 3.74. The summed E-state index contributed by atoms with van der Waals surface area (Å²) in [7, 11) is 0. The van der Waals surface area contributed by atoms with Gasteiger partial charge < -0.3 is 9.84 Å². The lowest BCUT2D eigenvalue weighted by Crippen LogP contribution is -2.06. The molecule has 0 radical (unpaired) electrons. The van der Waals surface area contributed by atoms with Crippen molar-refractivity contribution in [3.8, 4) is 22.2 Å². The monoisotopic (exact) mass is 348 g/mol. The standard InChI is InChI=1S/C14H9ClN4O3S/c15-12-16-7-6-9(17-12)22-11-10(8-4-2-1-3-5-8)18-13(23-11)19-14(20)21/h1-7H,(H,18,19)(H,20,21). The number of thiazole rings is 1. The summed E-state index contributed by atoms with van der Waals surface area (Å²) in [5.74, 6) is 0.243. The lowest BCUT2D eigenvalue weighted by atomic mass is 10.2. The van der Waals surface area contributed by atoms with Crippen molar-refractivity contribution in [2.24, 2.45) is 0 Å². The van der Waals surface area contributed by atoms with Gasteiger partial charge in [0.25, 0.3) is 0 Å². The second kappa shape index (κ2) is 6.59. The molecule has 116 valence electrons. The number of hydrogen-bond donors (Lipinski definition) is 2. The highest BCUT2D eigenvalue weighted by Crippen LogP contribution is 2.40. The quantitative estimate of drug-likeness (QED) is 0.688. The van der Waals surface area contributed by atoms with Crippen molar-refractivity contribution in [2.45, 2.75) is 0 Å². The predicted octanol–water partition coefficient (Wildman–Crippen LogP) is 4.14. The number of nitrogens with zero attached hydrogens (tertiary/aromatic N) is 3. The van der Waals surface area contributed by atoms with Crippen LogP contribution >= 0.6 is 22.9 Å². The van der Waals surface area contributed by atoms with Crippen molar-refractivity contribution in [3.63, 3.8) is 0 Å². The van der Waals surface area contributed by atoms with E-state index in [0.717, 1.165) is 16.9 Å². The minimum absolute atomic E-state index is 0.0529. The van der Waals surface area contributed by atoms with Crippen LogP contribution in [0, 0.1) is 0 Å². The summed E-state index contributed by atoms with van der Waals surface area (Å²) < 4.78 is 5.69. The van der Waals surface area contributed by atoms with E-state index in [1.165, 1.54) is 6.20 Å². The zero-order valence-corrected chi connectivity index (χ0v) is 13.0. The zero-order chi connectivity index (χ0) is 16.2. The van der Waals surface area contributed by atoms with E-state index in [0.29, 0.717) is 10.8 Å². The fraction of sp³-hybridized carbons (Fsp3) is 0. The van der Waals surface area contributed by atoms with Crippen LogP contribution in [-0.2, 0) is 0 Å². The van der Waals surface area contributed by atoms with Crippen LogP contribution in [0.15, 0.2) is 42.6 Å². The number of hydrogen-bond acceptors (Lipinski definition) is 6. The summed E-state index contributed by atoms with van der Waals surface area (Å²) in [6.07, 6.45) is 0.264. The molecule has 0 saturated heterocycles. The number of amides is 1. The molecule has 9 heteroatoms. The lowest BCUT2D eigenvalue weighted by molar-refractivity contribution is 0.209. The molecular weight excluding hydrogens is 340 g/mol. The Bertz CT molecular complexity index is 841. The van der Waals surface area contributed by atoms with Crippen molar-refractivity contribution in [2.75, 3.05) is 5.32 Å². The van der Waals surface area contributed by atoms with Crippen molar-refractivity contribution in [3.05, 3.63) is 47.9 Å². The fourth-order valence-electron chi connectivity index (χ4n) is 1.77. The largest absolute Gasteiger partial charge is 0.465 e. The first-order valence-electron chi connectivity index (χ1n) is 6.34. The van der Waals surface area contributed by atoms with Crippen LogP contribution < -0.4 is 10.1 Å². The molecule has 0 aliphatic heterocycles. The van der Waals surface area contributed by atoms with Gasteiger partial charge in [-0.2, -0.15) is 4.98 Å². The molecule has 7 nitrogen and oxygen atoms in total. The summed E-state index contributed by atoms with van der Waals surface area (Å²) in [5, 5.41) is 11.7. The lowest BCUT2D eigenvalue weighted by Gasteiger charge is -2.04. The van der Waals surface area contributed by atoms with Gasteiger partial charge in [0.05, 0.1) is 0 Å². The number of aromatic nitrogens is 3. The van der Waals surface area contributed by atoms with Gasteiger partial charge in [-0.25, -0.2) is 14.8 Å². The second-order valence-corrected chi connectivity index (χ2v) is 5.52. The number of ether oxygens (including phenoxy) is 1. The molecule has 2 heterocycles. The van der Waals surface area contributed by atoms with Crippen LogP contribution in [0.1, 0.15) is 0 Å². The Hall–Kier alpha value is -2.71. The molecule has 2 aromatic heterocycles. The van der Waals surface area contributed by atoms with Crippen LogP contribution in [0.4, 0.5) is 9.93 Å². The van der Waals surface area contributed by atoms with Crippen molar-refractivity contribution >= 4 is 34.2 Å². The molecule has 23 heavy (non-hydrogen) atoms. The molecule has 0 aliphatic carbocycles. The van der Waals surface area contributed by atoms with Crippen molar-refractivity contribution < 1.29 is 14.6 Å². The normalized spacial score (nSPS) is 10.3. The smallest absolute Gasteiger partial charge is 0.410 e. The molecule has 3 rings (SSSR count). The molecular formula is C14H9ClN4O3S. The van der Waals surface area contributed by atoms with Crippen LogP contribution in [0.5, 0.6) is 10.9 Å². The summed E-state index contributed by atoms with van der Waals surface area (Å²) >= 11 is 6.79. The summed E-state index contributed by atoms with van der Waals surface area (Å²) in [6, 6.07) is 10.8. The SMILES string of the molecule is O=C(O)Nc1nc(-c2ccccc2)c(Oc2ccnc(Cl)n2)s1. The van der Waals surface area contributed by atoms with Gasteiger partial charge in [0.1, 0.15) is 5.69 Å². The number of carbonyl (C=O) groups is 1. The molecule has 0 saturated carbocycles. The first-order valence-corrected chi connectivity index (χ1v) is 7.54. The van der Waals surface area contributed by atoms with E-state index in [1.807, 2.05) is 30.3 Å². The van der Waals surface area contributed by atoms with Gasteiger partial charge in [-0.05, 0) is 11.6 Å². The highest BCUT2D eigenvalue weighted by molar-refractivity contribution is 7.18. The number of halogens is 1. The van der Waals surface area contributed by atoms with Gasteiger partial charge >= 0.3 is 6.09 Å². The molecule has 0 aliphatic rings. The summed E-state index contributed by atoms with van der Waals surface area (Å²) in [6.45, 7) is 0. The van der Waals surface area contributed by atoms with E-state index in [4.69, 9.17) is 21.4 Å². The number of nitrogens with one attached hydrogen (secondary N) is 1. The first-order chi connectivity index (χ1) is 11.1. The zero-order valence-electron chi connectivity index (χ0n) is 11.4. The number of anilines is 1. The van der Waals surface area contributed by atoms with E-state index in [1.54, 1.807) is 6.07 Å². The highest BCUT2D eigenvalue weighted by Gasteiger charge is 2.17. The molecule has 1 amide bonds. The Balaban J connectivity index is 2.00. The van der Waals surface area contributed by atoms with Gasteiger partial charge in [0.15, 0.2) is 5.13 Å². The topological polar surface area (TPSA) is 97.2 Å². The molecule has 0 fully saturated rings. The third-order valence-electron chi connectivity index (χ3n) is 2.66. The average molecular weight is 349 g/mol. The second-order valence-electron chi connectivity index (χ2n) is 4.22. The number of carboxylic acid groups (broad SMARTS) is 1. The number of rotatable bonds is 4. The van der Waals surface area contributed by atoms with Crippen LogP contribution in [0.2, 0.25) is 5.28 Å². The third-order valence-corrected chi connectivity index (χ3v) is 3.69. The number of benzene rings is 1. The molecule has 1 aromatic carbocycles. The highest BCUT2D eigenvalue weighted by atomic mass is 35.5. The molecule has 0 spiro atoms. The van der Waals surface area contributed by atoms with Gasteiger partial charge in [-0.15, -0.1) is 0 Å². The Morgan fingerprint density at radius 2 is 2.00 bits per heavy atom. The Morgan fingerprint density at radius 3 is 2.70 bits per heavy atom. The van der Waals surface area contributed by atoms with Crippen molar-refractivity contribution in [1.82, 2.24) is 15.0 Å². The minimum atomic E-state index is -1.20. The van der Waals surface area contributed by atoms with E-state index in [2.05, 4.69) is 20.3 Å². The molecule has 0 bridgehead atoms. The van der Waals surface area contributed by atoms with Crippen LogP contribution in [0.3, 0.4) is 0 Å². The Kier molecular flexibility index (Phi) is 4.35. The molecule has 0 unspecified atom stereocenters. The van der Waals surface area contributed by atoms with E-state index < -0.39 is 6.09 Å². The van der Waals surface area contributed by atoms with Crippen LogP contribution in [-0.4, -0.2) is 26.2 Å². The molecule has 2 N–H and O–H groups in total. The average Bonchev–Trinajstić information content (AvgIpc) is 2.90. The minimum Gasteiger partial charge on any atom is -0.465 e. The molecule has 0 atom stereocenters. The van der Waals surface area contributed by atoms with E-state index in [9.17, 15) is 4.79 Å². The summed E-state index contributed by atoms with van der Waals surface area (Å²) in [5.41, 5.74) is 1.30. The van der Waals surface area contributed by atoms with Gasteiger partial charge in [-0.1, -0.05) is 41.7 Å². The van der Waals surface area contributed by atoms with Crippen LogP contribution in [0.25, 0.3) is 11.3 Å². The van der Waals surface area contributed by atoms with Gasteiger partial charge in [-0.3, -0.25) is 5.32 Å². The van der Waals surface area contributed by atoms with Crippen molar-refractivity contribution in [1.29, 1.82) is 0 Å². The molecule has 3 aromatic rings. The predicted molar refractivity (Wildman–Crippen MR) is 86.3 cm³/mol. The Morgan fingerprint density at radius 1 is 1.22 bits per heavy atom. The van der Waals surface area contributed by atoms with Gasteiger partial charge in [0.2, 0.25) is 16.2 Å². The van der Waals surface area contributed by atoms with E-state index in [-0.39, 0.29) is 16.3 Å². The first kappa shape index (κ1) is 15.2. The summed E-state index contributed by atoms with van der Waals surface area (Å²) in [4.78, 5) is 22.8. The maximum absolute atomic E-state index is 10.8. The van der Waals surface area contributed by atoms with E-state index >= 15 is 0 Å².